The summed E-state index contributed by atoms with van der Waals surface area (Å²) >= 11 is 0. The van der Waals surface area contributed by atoms with Crippen LogP contribution in [0.2, 0.25) is 0 Å². The van der Waals surface area contributed by atoms with Crippen molar-refractivity contribution >= 4 is 10.7 Å². The van der Waals surface area contributed by atoms with Gasteiger partial charge in [-0.3, -0.25) is 0 Å². The largest absolute Gasteiger partial charge is 0.232 e. The Kier molecular flexibility index (Phi) is 3.96. The highest BCUT2D eigenvalue weighted by Crippen LogP contribution is 2.07. The second-order valence-corrected chi connectivity index (χ2v) is 4.34. The second-order valence-electron chi connectivity index (χ2n) is 3.31. The van der Waals surface area contributed by atoms with Gasteiger partial charge in [0.1, 0.15) is 10.7 Å². The zero-order valence-corrected chi connectivity index (χ0v) is 8.54. The SMILES string of the molecule is CC(Cc1ccccc1)C[SH](=O)=O. The fraction of sp³-hybridized carbons (Fsp3) is 0.400. The molecular formula is C10H14O2S. The zero-order valence-electron chi connectivity index (χ0n) is 7.64. The Morgan fingerprint density at radius 3 is 2.38 bits per heavy atom. The van der Waals surface area contributed by atoms with Crippen molar-refractivity contribution < 1.29 is 8.42 Å². The first-order valence-electron chi connectivity index (χ1n) is 4.34. The Morgan fingerprint density at radius 1 is 1.23 bits per heavy atom. The lowest BCUT2D eigenvalue weighted by atomic mass is 10.0. The molecule has 0 spiro atoms. The van der Waals surface area contributed by atoms with Gasteiger partial charge in [-0.15, -0.1) is 0 Å². The van der Waals surface area contributed by atoms with Crippen LogP contribution in [0.5, 0.6) is 0 Å². The Bertz CT molecular complexity index is 309. The van der Waals surface area contributed by atoms with Gasteiger partial charge in [-0.25, -0.2) is 8.42 Å². The topological polar surface area (TPSA) is 34.1 Å². The highest BCUT2D eigenvalue weighted by atomic mass is 32.2. The van der Waals surface area contributed by atoms with Crippen LogP contribution in [-0.2, 0) is 17.1 Å². The van der Waals surface area contributed by atoms with Gasteiger partial charge in [0, 0.05) is 0 Å². The van der Waals surface area contributed by atoms with Gasteiger partial charge in [0.05, 0.1) is 5.75 Å². The predicted octanol–water partition coefficient (Wildman–Crippen LogP) is 1.48. The number of hydrogen-bond donors (Lipinski definition) is 1. The van der Waals surface area contributed by atoms with E-state index in [1.54, 1.807) is 0 Å². The quantitative estimate of drug-likeness (QED) is 0.743. The predicted molar refractivity (Wildman–Crippen MR) is 54.5 cm³/mol. The van der Waals surface area contributed by atoms with E-state index in [1.165, 1.54) is 5.56 Å². The molecule has 0 heterocycles. The second kappa shape index (κ2) is 5.02. The minimum Gasteiger partial charge on any atom is -0.232 e. The van der Waals surface area contributed by atoms with Crippen LogP contribution in [0.15, 0.2) is 30.3 Å². The maximum Gasteiger partial charge on any atom is 0.140 e. The van der Waals surface area contributed by atoms with Crippen LogP contribution in [0, 0.1) is 5.92 Å². The first-order chi connectivity index (χ1) is 6.18. The lowest BCUT2D eigenvalue weighted by molar-refractivity contribution is 0.587. The summed E-state index contributed by atoms with van der Waals surface area (Å²) in [5.41, 5.74) is 1.20. The van der Waals surface area contributed by atoms with Gasteiger partial charge in [-0.05, 0) is 17.9 Å². The van der Waals surface area contributed by atoms with E-state index in [0.717, 1.165) is 6.42 Å². The molecule has 1 unspecified atom stereocenters. The summed E-state index contributed by atoms with van der Waals surface area (Å²) in [7, 11) is -2.24. The summed E-state index contributed by atoms with van der Waals surface area (Å²) in [4.78, 5) is 0. The Labute approximate surface area is 80.5 Å². The van der Waals surface area contributed by atoms with Crippen molar-refractivity contribution in [2.75, 3.05) is 5.75 Å². The fourth-order valence-corrected chi connectivity index (χ4v) is 1.97. The van der Waals surface area contributed by atoms with E-state index in [-0.39, 0.29) is 11.7 Å². The summed E-state index contributed by atoms with van der Waals surface area (Å²) in [6.07, 6.45) is 0.837. The lowest BCUT2D eigenvalue weighted by Crippen LogP contribution is -2.06. The summed E-state index contributed by atoms with van der Waals surface area (Å²) in [6, 6.07) is 9.95. The molecule has 2 nitrogen and oxygen atoms in total. The van der Waals surface area contributed by atoms with Crippen LogP contribution in [0.3, 0.4) is 0 Å². The van der Waals surface area contributed by atoms with Gasteiger partial charge in [-0.2, -0.15) is 0 Å². The molecule has 0 amide bonds. The molecule has 0 saturated carbocycles. The normalized spacial score (nSPS) is 13.1. The Hall–Kier alpha value is -0.830. The van der Waals surface area contributed by atoms with E-state index in [4.69, 9.17) is 0 Å². The molecule has 0 aliphatic carbocycles. The number of hydrogen-bond acceptors (Lipinski definition) is 2. The average Bonchev–Trinajstić information content (AvgIpc) is 2.04. The average molecular weight is 198 g/mol. The number of rotatable bonds is 4. The smallest absolute Gasteiger partial charge is 0.140 e. The molecule has 1 atom stereocenters. The highest BCUT2D eigenvalue weighted by Gasteiger charge is 2.03. The van der Waals surface area contributed by atoms with E-state index in [1.807, 2.05) is 37.3 Å². The standard InChI is InChI=1S/C10H14O2S/c1-9(8-13(11)12)7-10-5-3-2-4-6-10/h2-6,9,13H,7-8H2,1H3. The van der Waals surface area contributed by atoms with E-state index in [9.17, 15) is 8.42 Å². The molecule has 0 radical (unpaired) electrons. The molecule has 0 N–H and O–H groups in total. The van der Waals surface area contributed by atoms with Crippen molar-refractivity contribution in [3.8, 4) is 0 Å². The third-order valence-corrected chi connectivity index (χ3v) is 2.81. The van der Waals surface area contributed by atoms with Gasteiger partial charge >= 0.3 is 0 Å². The maximum atomic E-state index is 10.4. The van der Waals surface area contributed by atoms with Crippen LogP contribution in [0.4, 0.5) is 0 Å². The van der Waals surface area contributed by atoms with E-state index in [0.29, 0.717) is 0 Å². The first-order valence-corrected chi connectivity index (χ1v) is 5.70. The molecule has 72 valence electrons. The van der Waals surface area contributed by atoms with Crippen molar-refractivity contribution in [2.24, 2.45) is 5.92 Å². The van der Waals surface area contributed by atoms with Crippen molar-refractivity contribution in [3.63, 3.8) is 0 Å². The molecule has 0 aromatic heterocycles. The van der Waals surface area contributed by atoms with Crippen LogP contribution in [0.1, 0.15) is 12.5 Å². The van der Waals surface area contributed by atoms with E-state index in [2.05, 4.69) is 0 Å². The molecular weight excluding hydrogens is 184 g/mol. The van der Waals surface area contributed by atoms with Crippen LogP contribution < -0.4 is 0 Å². The van der Waals surface area contributed by atoms with Crippen LogP contribution in [0.25, 0.3) is 0 Å². The van der Waals surface area contributed by atoms with Gasteiger partial charge in [0.25, 0.3) is 0 Å². The third-order valence-electron chi connectivity index (χ3n) is 1.89. The molecule has 0 saturated heterocycles. The molecule has 0 bridgehead atoms. The van der Waals surface area contributed by atoms with E-state index < -0.39 is 10.7 Å². The van der Waals surface area contributed by atoms with Gasteiger partial charge in [0.2, 0.25) is 0 Å². The first kappa shape index (κ1) is 10.3. The van der Waals surface area contributed by atoms with Crippen LogP contribution in [-0.4, -0.2) is 14.2 Å². The lowest BCUT2D eigenvalue weighted by Gasteiger charge is -2.06. The molecule has 1 aromatic carbocycles. The van der Waals surface area contributed by atoms with Gasteiger partial charge < -0.3 is 0 Å². The van der Waals surface area contributed by atoms with E-state index >= 15 is 0 Å². The van der Waals surface area contributed by atoms with Crippen molar-refractivity contribution in [2.45, 2.75) is 13.3 Å². The molecule has 3 heteroatoms. The molecule has 0 aliphatic heterocycles. The van der Waals surface area contributed by atoms with Crippen molar-refractivity contribution in [1.82, 2.24) is 0 Å². The monoisotopic (exact) mass is 198 g/mol. The minimum absolute atomic E-state index is 0.212. The Balaban J connectivity index is 2.50. The van der Waals surface area contributed by atoms with Gasteiger partial charge in [-0.1, -0.05) is 37.3 Å². The van der Waals surface area contributed by atoms with Crippen molar-refractivity contribution in [3.05, 3.63) is 35.9 Å². The molecule has 0 aliphatic rings. The van der Waals surface area contributed by atoms with Gasteiger partial charge in [0.15, 0.2) is 0 Å². The number of benzene rings is 1. The van der Waals surface area contributed by atoms with Crippen molar-refractivity contribution in [1.29, 1.82) is 0 Å². The molecule has 0 fully saturated rings. The summed E-state index contributed by atoms with van der Waals surface area (Å²) < 4.78 is 20.9. The fourth-order valence-electron chi connectivity index (χ4n) is 1.34. The summed E-state index contributed by atoms with van der Waals surface area (Å²) in [5.74, 6) is 0.494. The Morgan fingerprint density at radius 2 is 1.85 bits per heavy atom. The molecule has 1 aromatic rings. The maximum absolute atomic E-state index is 10.4. The zero-order chi connectivity index (χ0) is 9.68. The minimum atomic E-state index is -2.24. The summed E-state index contributed by atoms with van der Waals surface area (Å²) in [5, 5.41) is 0. The summed E-state index contributed by atoms with van der Waals surface area (Å²) in [6.45, 7) is 1.96. The molecule has 13 heavy (non-hydrogen) atoms. The highest BCUT2D eigenvalue weighted by molar-refractivity contribution is 7.72. The number of thiol groups is 1. The van der Waals surface area contributed by atoms with Crippen LogP contribution >= 0.6 is 0 Å². The molecule has 1 rings (SSSR count). The third kappa shape index (κ3) is 4.08.